The number of hydrogen-bond donors (Lipinski definition) is 4. The molecule has 0 spiro atoms. The number of aromatic hydroxyl groups is 1. The van der Waals surface area contributed by atoms with Gasteiger partial charge in [0.25, 0.3) is 11.8 Å². The van der Waals surface area contributed by atoms with E-state index in [0.29, 0.717) is 21.2 Å². The molecule has 0 bridgehead atoms. The van der Waals surface area contributed by atoms with Gasteiger partial charge in [-0.1, -0.05) is 28.1 Å². The van der Waals surface area contributed by atoms with Crippen LogP contribution in [0.5, 0.6) is 5.75 Å². The highest BCUT2D eigenvalue weighted by molar-refractivity contribution is 9.11. The summed E-state index contributed by atoms with van der Waals surface area (Å²) in [7, 11) is 0. The van der Waals surface area contributed by atoms with Gasteiger partial charge in [-0.3, -0.25) is 14.8 Å². The number of phenols is 1. The molecule has 134 valence electrons. The van der Waals surface area contributed by atoms with Crippen LogP contribution >= 0.6 is 31.9 Å². The number of hydrogen-bond acceptors (Lipinski definition) is 5. The topological polar surface area (TPSA) is 111 Å². The van der Waals surface area contributed by atoms with Crippen molar-refractivity contribution in [2.24, 2.45) is 5.10 Å². The fourth-order valence-corrected chi connectivity index (χ4v) is 3.12. The van der Waals surface area contributed by atoms with Crippen LogP contribution in [0.25, 0.3) is 6.08 Å². The van der Waals surface area contributed by atoms with Crippen LogP contribution in [0.3, 0.4) is 0 Å². The average Bonchev–Trinajstić information content (AvgIpc) is 2.63. The number of phenolic OH excluding ortho intramolecular Hbond substituents is 1. The van der Waals surface area contributed by atoms with E-state index in [9.17, 15) is 14.7 Å². The maximum absolute atomic E-state index is 12.1. The average molecular weight is 483 g/mol. The van der Waals surface area contributed by atoms with Gasteiger partial charge in [-0.15, -0.1) is 0 Å². The molecule has 0 saturated carbocycles. The van der Waals surface area contributed by atoms with Crippen molar-refractivity contribution in [1.29, 1.82) is 0 Å². The molecule has 7 nitrogen and oxygen atoms in total. The summed E-state index contributed by atoms with van der Waals surface area (Å²) < 4.78 is 1.24. The second-order valence-corrected chi connectivity index (χ2v) is 6.73. The monoisotopic (exact) mass is 481 g/mol. The third-order valence-electron chi connectivity index (χ3n) is 3.14. The van der Waals surface area contributed by atoms with E-state index in [2.05, 4.69) is 42.4 Å². The third kappa shape index (κ3) is 5.51. The van der Waals surface area contributed by atoms with Crippen molar-refractivity contribution in [1.82, 2.24) is 10.9 Å². The molecule has 2 amide bonds. The first kappa shape index (κ1) is 19.8. The molecule has 0 saturated heterocycles. The number of halogens is 2. The molecule has 0 unspecified atom stereocenters. The molecular weight excluding hydrogens is 470 g/mol. The molecule has 2 aromatic carbocycles. The lowest BCUT2D eigenvalue weighted by molar-refractivity contribution is -0.124. The lowest BCUT2D eigenvalue weighted by Crippen LogP contribution is -2.17. The Bertz CT molecular complexity index is 880. The molecule has 4 N–H and O–H groups in total. The quantitative estimate of drug-likeness (QED) is 0.227. The Kier molecular flexibility index (Phi) is 7.07. The number of carbonyl (C=O) groups excluding carboxylic acids is 2. The number of hydroxylamine groups is 1. The van der Waals surface area contributed by atoms with Crippen molar-refractivity contribution in [3.05, 3.63) is 68.1 Å². The highest BCUT2D eigenvalue weighted by Crippen LogP contribution is 2.30. The standard InChI is InChI=1S/C17H13Br2N3O4/c18-13-7-12(16(24)14(19)8-13)9-20-21-17(25)11-4-1-10(2-5-11)3-6-15(23)22-26/h1-9,24,26H,(H,21,25)(H,22,23)/b6-3+,20-9+. The van der Waals surface area contributed by atoms with Crippen LogP contribution in [0.2, 0.25) is 0 Å². The van der Waals surface area contributed by atoms with Gasteiger partial charge in [0, 0.05) is 21.7 Å². The molecule has 2 rings (SSSR count). The van der Waals surface area contributed by atoms with Gasteiger partial charge in [0.1, 0.15) is 5.75 Å². The van der Waals surface area contributed by atoms with Crippen LogP contribution in [-0.2, 0) is 4.79 Å². The van der Waals surface area contributed by atoms with Gasteiger partial charge in [0.2, 0.25) is 0 Å². The van der Waals surface area contributed by atoms with E-state index in [-0.39, 0.29) is 5.75 Å². The van der Waals surface area contributed by atoms with Gasteiger partial charge in [0.05, 0.1) is 10.7 Å². The summed E-state index contributed by atoms with van der Waals surface area (Å²) in [6.45, 7) is 0. The summed E-state index contributed by atoms with van der Waals surface area (Å²) in [5.41, 5.74) is 5.32. The first-order valence-electron chi connectivity index (χ1n) is 7.14. The summed E-state index contributed by atoms with van der Waals surface area (Å²) in [5.74, 6) is -1.07. The molecule has 0 aliphatic rings. The number of nitrogens with one attached hydrogen (secondary N) is 2. The molecule has 0 fully saturated rings. The number of rotatable bonds is 5. The van der Waals surface area contributed by atoms with Crippen LogP contribution in [0, 0.1) is 0 Å². The second-order valence-electron chi connectivity index (χ2n) is 4.96. The Hall–Kier alpha value is -2.49. The normalized spacial score (nSPS) is 11.0. The van der Waals surface area contributed by atoms with Gasteiger partial charge in [-0.25, -0.2) is 10.9 Å². The van der Waals surface area contributed by atoms with Crippen LogP contribution in [0.4, 0.5) is 0 Å². The Morgan fingerprint density at radius 3 is 2.46 bits per heavy atom. The first-order valence-corrected chi connectivity index (χ1v) is 8.73. The van der Waals surface area contributed by atoms with Gasteiger partial charge in [-0.2, -0.15) is 5.10 Å². The molecule has 9 heteroatoms. The minimum Gasteiger partial charge on any atom is -0.506 e. The van der Waals surface area contributed by atoms with E-state index >= 15 is 0 Å². The maximum Gasteiger partial charge on any atom is 0.271 e. The number of nitrogens with zero attached hydrogens (tertiary/aromatic N) is 1. The maximum atomic E-state index is 12.1. The summed E-state index contributed by atoms with van der Waals surface area (Å²) in [5, 5.41) is 22.2. The summed E-state index contributed by atoms with van der Waals surface area (Å²) in [6.07, 6.45) is 3.97. The Labute approximate surface area is 165 Å². The van der Waals surface area contributed by atoms with Crippen molar-refractivity contribution in [3.8, 4) is 5.75 Å². The van der Waals surface area contributed by atoms with Gasteiger partial charge < -0.3 is 5.11 Å². The summed E-state index contributed by atoms with van der Waals surface area (Å²) in [6, 6.07) is 9.74. The highest BCUT2D eigenvalue weighted by atomic mass is 79.9. The van der Waals surface area contributed by atoms with Crippen molar-refractivity contribution < 1.29 is 19.9 Å². The third-order valence-corrected chi connectivity index (χ3v) is 4.20. The molecule has 0 aliphatic heterocycles. The summed E-state index contributed by atoms with van der Waals surface area (Å²) >= 11 is 6.52. The van der Waals surface area contributed by atoms with E-state index in [1.54, 1.807) is 36.4 Å². The van der Waals surface area contributed by atoms with E-state index in [0.717, 1.165) is 10.5 Å². The SMILES string of the molecule is O=C(/C=C/c1ccc(C(=O)N/N=C/c2cc(Br)cc(Br)c2O)cc1)NO. The zero-order valence-electron chi connectivity index (χ0n) is 13.1. The van der Waals surface area contributed by atoms with Gasteiger partial charge in [0.15, 0.2) is 0 Å². The second kappa shape index (κ2) is 9.27. The first-order chi connectivity index (χ1) is 12.4. The van der Waals surface area contributed by atoms with Gasteiger partial charge in [-0.05, 0) is 51.8 Å². The molecular formula is C17H13Br2N3O4. The van der Waals surface area contributed by atoms with Crippen LogP contribution in [0.1, 0.15) is 21.5 Å². The lowest BCUT2D eigenvalue weighted by atomic mass is 10.1. The number of amides is 2. The van der Waals surface area contributed by atoms with Crippen LogP contribution < -0.4 is 10.9 Å². The Balaban J connectivity index is 2.02. The van der Waals surface area contributed by atoms with Crippen molar-refractivity contribution in [3.63, 3.8) is 0 Å². The predicted molar refractivity (Wildman–Crippen MR) is 104 cm³/mol. The van der Waals surface area contributed by atoms with E-state index in [4.69, 9.17) is 5.21 Å². The highest BCUT2D eigenvalue weighted by Gasteiger charge is 2.06. The van der Waals surface area contributed by atoms with Crippen molar-refractivity contribution in [2.75, 3.05) is 0 Å². The van der Waals surface area contributed by atoms with Crippen LogP contribution in [-0.4, -0.2) is 28.3 Å². The fourth-order valence-electron chi connectivity index (χ4n) is 1.86. The Morgan fingerprint density at radius 2 is 1.81 bits per heavy atom. The predicted octanol–water partition coefficient (Wildman–Crippen LogP) is 3.20. The fraction of sp³-hybridized carbons (Fsp3) is 0. The smallest absolute Gasteiger partial charge is 0.271 e. The molecule has 0 aliphatic carbocycles. The summed E-state index contributed by atoms with van der Waals surface area (Å²) in [4.78, 5) is 23.0. The molecule has 0 aromatic heterocycles. The lowest BCUT2D eigenvalue weighted by Gasteiger charge is -2.03. The number of hydrazone groups is 1. The molecule has 0 radical (unpaired) electrons. The minimum absolute atomic E-state index is 0.00857. The zero-order valence-corrected chi connectivity index (χ0v) is 16.3. The number of carbonyl (C=O) groups is 2. The van der Waals surface area contributed by atoms with Crippen molar-refractivity contribution >= 4 is 56.0 Å². The Morgan fingerprint density at radius 1 is 1.12 bits per heavy atom. The largest absolute Gasteiger partial charge is 0.506 e. The van der Waals surface area contributed by atoms with Crippen LogP contribution in [0.15, 0.2) is 56.5 Å². The zero-order chi connectivity index (χ0) is 19.1. The molecule has 2 aromatic rings. The number of benzene rings is 2. The van der Waals surface area contributed by atoms with Crippen molar-refractivity contribution in [2.45, 2.75) is 0 Å². The van der Waals surface area contributed by atoms with E-state index in [1.807, 2.05) is 0 Å². The minimum atomic E-state index is -0.649. The molecule has 0 atom stereocenters. The van der Waals surface area contributed by atoms with Gasteiger partial charge >= 0.3 is 0 Å². The molecule has 0 heterocycles. The van der Waals surface area contributed by atoms with E-state index in [1.165, 1.54) is 17.8 Å². The molecule has 26 heavy (non-hydrogen) atoms. The van der Waals surface area contributed by atoms with E-state index < -0.39 is 11.8 Å².